The van der Waals surface area contributed by atoms with Gasteiger partial charge in [-0.3, -0.25) is 9.69 Å². The zero-order valence-electron chi connectivity index (χ0n) is 12.7. The largest absolute Gasteiger partial charge is 0.379 e. The minimum Gasteiger partial charge on any atom is -0.379 e. The topological polar surface area (TPSA) is 53.6 Å². The van der Waals surface area contributed by atoms with Gasteiger partial charge in [-0.25, -0.2) is 0 Å². The maximum atomic E-state index is 11.8. The number of amides is 1. The Morgan fingerprint density at radius 3 is 2.71 bits per heavy atom. The fourth-order valence-electron chi connectivity index (χ4n) is 2.35. The first-order chi connectivity index (χ1) is 10.3. The smallest absolute Gasteiger partial charge is 0.234 e. The molecule has 116 valence electrons. The van der Waals surface area contributed by atoms with Crippen LogP contribution in [0.2, 0.25) is 0 Å². The number of rotatable bonds is 7. The quantitative estimate of drug-likeness (QED) is 0.780. The van der Waals surface area contributed by atoms with Crippen LogP contribution in [0.3, 0.4) is 0 Å². The average Bonchev–Trinajstić information content (AvgIpc) is 2.54. The monoisotopic (exact) mass is 291 g/mol. The molecule has 0 bridgehead atoms. The van der Waals surface area contributed by atoms with Gasteiger partial charge < -0.3 is 15.4 Å². The summed E-state index contributed by atoms with van der Waals surface area (Å²) in [7, 11) is 0. The van der Waals surface area contributed by atoms with E-state index in [2.05, 4.69) is 34.6 Å². The highest BCUT2D eigenvalue weighted by Gasteiger charge is 2.10. The number of hydrogen-bond donors (Lipinski definition) is 2. The molecule has 2 N–H and O–H groups in total. The summed E-state index contributed by atoms with van der Waals surface area (Å²) in [5.74, 6) is 0.0473. The SMILES string of the molecule is CC(NCC(=O)NCCN1CCOCC1)c1ccccc1. The van der Waals surface area contributed by atoms with Gasteiger partial charge in [0, 0.05) is 32.2 Å². The van der Waals surface area contributed by atoms with E-state index in [1.165, 1.54) is 5.56 Å². The summed E-state index contributed by atoms with van der Waals surface area (Å²) < 4.78 is 5.30. The van der Waals surface area contributed by atoms with Gasteiger partial charge in [0.05, 0.1) is 19.8 Å². The summed E-state index contributed by atoms with van der Waals surface area (Å²) in [5, 5.41) is 6.19. The Morgan fingerprint density at radius 1 is 1.29 bits per heavy atom. The Hall–Kier alpha value is -1.43. The molecule has 1 aliphatic rings. The fourth-order valence-corrected chi connectivity index (χ4v) is 2.35. The molecule has 5 nitrogen and oxygen atoms in total. The number of carbonyl (C=O) groups is 1. The number of morpholine rings is 1. The van der Waals surface area contributed by atoms with Crippen LogP contribution >= 0.6 is 0 Å². The fraction of sp³-hybridized carbons (Fsp3) is 0.562. The van der Waals surface area contributed by atoms with Gasteiger partial charge in [-0.1, -0.05) is 30.3 Å². The van der Waals surface area contributed by atoms with E-state index >= 15 is 0 Å². The third-order valence-electron chi connectivity index (χ3n) is 3.72. The van der Waals surface area contributed by atoms with Crippen molar-refractivity contribution in [2.75, 3.05) is 45.9 Å². The first kappa shape index (κ1) is 15.9. The van der Waals surface area contributed by atoms with E-state index in [1.807, 2.05) is 18.2 Å². The molecule has 1 heterocycles. The highest BCUT2D eigenvalue weighted by Crippen LogP contribution is 2.10. The Morgan fingerprint density at radius 2 is 2.00 bits per heavy atom. The van der Waals surface area contributed by atoms with Crippen molar-refractivity contribution in [2.45, 2.75) is 13.0 Å². The first-order valence-corrected chi connectivity index (χ1v) is 7.61. The van der Waals surface area contributed by atoms with E-state index in [9.17, 15) is 4.79 Å². The maximum Gasteiger partial charge on any atom is 0.234 e. The third kappa shape index (κ3) is 5.83. The molecule has 0 saturated carbocycles. The van der Waals surface area contributed by atoms with E-state index in [0.717, 1.165) is 32.8 Å². The van der Waals surface area contributed by atoms with Crippen LogP contribution in [0.25, 0.3) is 0 Å². The summed E-state index contributed by atoms with van der Waals surface area (Å²) in [5.41, 5.74) is 1.19. The van der Waals surface area contributed by atoms with Crippen LogP contribution in [-0.2, 0) is 9.53 Å². The lowest BCUT2D eigenvalue weighted by Crippen LogP contribution is -2.43. The first-order valence-electron chi connectivity index (χ1n) is 7.61. The van der Waals surface area contributed by atoms with Crippen LogP contribution in [0.15, 0.2) is 30.3 Å². The Balaban J connectivity index is 1.59. The maximum absolute atomic E-state index is 11.8. The van der Waals surface area contributed by atoms with Crippen LogP contribution in [-0.4, -0.2) is 56.7 Å². The highest BCUT2D eigenvalue weighted by atomic mass is 16.5. The molecule has 1 unspecified atom stereocenters. The van der Waals surface area contributed by atoms with Gasteiger partial charge in [-0.15, -0.1) is 0 Å². The van der Waals surface area contributed by atoms with Gasteiger partial charge in [-0.2, -0.15) is 0 Å². The molecule has 0 spiro atoms. The Kier molecular flexibility index (Phi) is 6.66. The van der Waals surface area contributed by atoms with Gasteiger partial charge in [0.15, 0.2) is 0 Å². The van der Waals surface area contributed by atoms with Gasteiger partial charge in [0.2, 0.25) is 5.91 Å². The number of benzene rings is 1. The molecule has 1 aromatic rings. The van der Waals surface area contributed by atoms with Crippen molar-refractivity contribution < 1.29 is 9.53 Å². The lowest BCUT2D eigenvalue weighted by Gasteiger charge is -2.26. The molecular weight excluding hydrogens is 266 g/mol. The average molecular weight is 291 g/mol. The van der Waals surface area contributed by atoms with Crippen molar-refractivity contribution in [1.82, 2.24) is 15.5 Å². The van der Waals surface area contributed by atoms with Gasteiger partial charge >= 0.3 is 0 Å². The van der Waals surface area contributed by atoms with Crippen LogP contribution in [0, 0.1) is 0 Å². The molecule has 0 radical (unpaired) electrons. The van der Waals surface area contributed by atoms with Crippen LogP contribution in [0.5, 0.6) is 0 Å². The Bertz CT molecular complexity index is 419. The van der Waals surface area contributed by atoms with E-state index in [0.29, 0.717) is 13.1 Å². The number of carbonyl (C=O) groups excluding carboxylic acids is 1. The number of ether oxygens (including phenoxy) is 1. The molecule has 1 saturated heterocycles. The minimum atomic E-state index is 0.0473. The van der Waals surface area contributed by atoms with Crippen molar-refractivity contribution in [2.24, 2.45) is 0 Å². The van der Waals surface area contributed by atoms with Crippen LogP contribution < -0.4 is 10.6 Å². The molecule has 1 fully saturated rings. The summed E-state index contributed by atoms with van der Waals surface area (Å²) in [4.78, 5) is 14.1. The van der Waals surface area contributed by atoms with Crippen LogP contribution in [0.1, 0.15) is 18.5 Å². The minimum absolute atomic E-state index is 0.0473. The number of nitrogens with one attached hydrogen (secondary N) is 2. The molecule has 1 aliphatic heterocycles. The van der Waals surface area contributed by atoms with E-state index in [1.54, 1.807) is 0 Å². The zero-order chi connectivity index (χ0) is 14.9. The predicted molar refractivity (Wildman–Crippen MR) is 83.1 cm³/mol. The van der Waals surface area contributed by atoms with Crippen molar-refractivity contribution in [3.05, 3.63) is 35.9 Å². The number of nitrogens with zero attached hydrogens (tertiary/aromatic N) is 1. The second kappa shape index (κ2) is 8.77. The second-order valence-electron chi connectivity index (χ2n) is 5.32. The van der Waals surface area contributed by atoms with Crippen molar-refractivity contribution >= 4 is 5.91 Å². The van der Waals surface area contributed by atoms with Crippen molar-refractivity contribution in [1.29, 1.82) is 0 Å². The molecule has 0 aliphatic carbocycles. The highest BCUT2D eigenvalue weighted by molar-refractivity contribution is 5.78. The predicted octanol–water partition coefficient (Wildman–Crippen LogP) is 0.786. The zero-order valence-corrected chi connectivity index (χ0v) is 12.7. The number of hydrogen-bond acceptors (Lipinski definition) is 4. The lowest BCUT2D eigenvalue weighted by molar-refractivity contribution is -0.120. The van der Waals surface area contributed by atoms with E-state index < -0.39 is 0 Å². The van der Waals surface area contributed by atoms with Crippen LogP contribution in [0.4, 0.5) is 0 Å². The molecule has 21 heavy (non-hydrogen) atoms. The molecule has 1 aromatic carbocycles. The Labute approximate surface area is 126 Å². The molecule has 2 rings (SSSR count). The summed E-state index contributed by atoms with van der Waals surface area (Å²) in [6, 6.07) is 10.3. The van der Waals surface area contributed by atoms with Crippen molar-refractivity contribution in [3.63, 3.8) is 0 Å². The van der Waals surface area contributed by atoms with Gasteiger partial charge in [0.25, 0.3) is 0 Å². The molecule has 1 amide bonds. The summed E-state index contributed by atoms with van der Waals surface area (Å²) >= 11 is 0. The summed E-state index contributed by atoms with van der Waals surface area (Å²) in [6.45, 7) is 7.51. The van der Waals surface area contributed by atoms with Crippen molar-refractivity contribution in [3.8, 4) is 0 Å². The van der Waals surface area contributed by atoms with E-state index in [4.69, 9.17) is 4.74 Å². The van der Waals surface area contributed by atoms with Gasteiger partial charge in [0.1, 0.15) is 0 Å². The third-order valence-corrected chi connectivity index (χ3v) is 3.72. The second-order valence-corrected chi connectivity index (χ2v) is 5.32. The standard InChI is InChI=1S/C16H25N3O2/c1-14(15-5-3-2-4-6-15)18-13-16(20)17-7-8-19-9-11-21-12-10-19/h2-6,14,18H,7-13H2,1H3,(H,17,20). The van der Waals surface area contributed by atoms with Gasteiger partial charge in [-0.05, 0) is 12.5 Å². The van der Waals surface area contributed by atoms with E-state index in [-0.39, 0.29) is 11.9 Å². The summed E-state index contributed by atoms with van der Waals surface area (Å²) in [6.07, 6.45) is 0. The molecular formula is C16H25N3O2. The molecule has 5 heteroatoms. The molecule has 1 atom stereocenters. The normalized spacial score (nSPS) is 17.4. The molecule has 0 aromatic heterocycles. The lowest BCUT2D eigenvalue weighted by atomic mass is 10.1.